The monoisotopic (exact) mass is 192 g/mol. The van der Waals surface area contributed by atoms with Crippen molar-refractivity contribution in [3.05, 3.63) is 23.3 Å². The van der Waals surface area contributed by atoms with Gasteiger partial charge in [0, 0.05) is 12.0 Å². The van der Waals surface area contributed by atoms with Crippen molar-refractivity contribution in [1.82, 2.24) is 0 Å². The third kappa shape index (κ3) is 2.05. The summed E-state index contributed by atoms with van der Waals surface area (Å²) in [5.74, 6) is 0.136. The van der Waals surface area contributed by atoms with Crippen LogP contribution in [0.3, 0.4) is 0 Å². The number of Topliss-reactive ketones (excluding diaryl/α,β-unsaturated/α-hetero) is 1. The quantitative estimate of drug-likeness (QED) is 0.569. The fourth-order valence-electron chi connectivity index (χ4n) is 1.41. The number of anilines is 2. The maximum Gasteiger partial charge on any atom is 0.163 e. The number of carbonyl (C=O) groups is 1. The summed E-state index contributed by atoms with van der Waals surface area (Å²) in [7, 11) is 0. The van der Waals surface area contributed by atoms with Crippen molar-refractivity contribution in [3.63, 3.8) is 0 Å². The Kier molecular flexibility index (Phi) is 3.12. The molecule has 0 aliphatic heterocycles. The van der Waals surface area contributed by atoms with E-state index in [1.165, 1.54) is 0 Å². The normalized spacial score (nSPS) is 10.1. The highest BCUT2D eigenvalue weighted by Gasteiger charge is 2.09. The summed E-state index contributed by atoms with van der Waals surface area (Å²) in [6.45, 7) is 3.85. The lowest BCUT2D eigenvalue weighted by atomic mass is 10.0. The molecule has 0 atom stereocenters. The first-order chi connectivity index (χ1) is 6.56. The smallest absolute Gasteiger partial charge is 0.163 e. The molecule has 0 aliphatic carbocycles. The van der Waals surface area contributed by atoms with Gasteiger partial charge in [-0.05, 0) is 31.0 Å². The highest BCUT2D eigenvalue weighted by Crippen LogP contribution is 2.21. The average Bonchev–Trinajstić information content (AvgIpc) is 2.11. The van der Waals surface area contributed by atoms with Crippen molar-refractivity contribution in [3.8, 4) is 0 Å². The first kappa shape index (κ1) is 10.6. The standard InChI is InChI=1S/C11H16N2O/c1-3-4-11(14)8-6-10(13)9(12)5-7(8)2/h5-6H,3-4,12-13H2,1-2H3. The number of ketones is 1. The van der Waals surface area contributed by atoms with Crippen LogP contribution in [0.15, 0.2) is 12.1 Å². The predicted octanol–water partition coefficient (Wildman–Crippen LogP) is 2.14. The van der Waals surface area contributed by atoms with Crippen LogP contribution in [0.5, 0.6) is 0 Å². The van der Waals surface area contributed by atoms with Crippen LogP contribution < -0.4 is 11.5 Å². The second-order valence-corrected chi connectivity index (χ2v) is 3.47. The zero-order valence-corrected chi connectivity index (χ0v) is 8.63. The number of benzene rings is 1. The molecule has 0 aliphatic rings. The van der Waals surface area contributed by atoms with Crippen LogP contribution in [-0.4, -0.2) is 5.78 Å². The molecular formula is C11H16N2O. The molecule has 0 heterocycles. The van der Waals surface area contributed by atoms with Crippen LogP contribution in [0.1, 0.15) is 35.7 Å². The summed E-state index contributed by atoms with van der Waals surface area (Å²) in [5, 5.41) is 0. The van der Waals surface area contributed by atoms with Gasteiger partial charge in [-0.15, -0.1) is 0 Å². The number of hydrogen-bond acceptors (Lipinski definition) is 3. The summed E-state index contributed by atoms with van der Waals surface area (Å²) in [6, 6.07) is 3.42. The van der Waals surface area contributed by atoms with E-state index in [2.05, 4.69) is 0 Å². The second-order valence-electron chi connectivity index (χ2n) is 3.47. The Morgan fingerprint density at radius 1 is 1.29 bits per heavy atom. The van der Waals surface area contributed by atoms with Gasteiger partial charge >= 0.3 is 0 Å². The van der Waals surface area contributed by atoms with Gasteiger partial charge in [-0.2, -0.15) is 0 Å². The summed E-state index contributed by atoms with van der Waals surface area (Å²) in [6.07, 6.45) is 1.41. The topological polar surface area (TPSA) is 69.1 Å². The Labute approximate surface area is 84.1 Å². The molecule has 0 saturated carbocycles. The lowest BCUT2D eigenvalue weighted by Crippen LogP contribution is -2.04. The van der Waals surface area contributed by atoms with Gasteiger partial charge in [0.25, 0.3) is 0 Å². The zero-order chi connectivity index (χ0) is 10.7. The maximum absolute atomic E-state index is 11.6. The maximum atomic E-state index is 11.6. The lowest BCUT2D eigenvalue weighted by Gasteiger charge is -2.07. The van der Waals surface area contributed by atoms with E-state index in [0.717, 1.165) is 12.0 Å². The fraction of sp³-hybridized carbons (Fsp3) is 0.364. The molecule has 3 heteroatoms. The van der Waals surface area contributed by atoms with Gasteiger partial charge in [0.15, 0.2) is 5.78 Å². The number of aryl methyl sites for hydroxylation is 1. The van der Waals surface area contributed by atoms with Crippen LogP contribution in [0.4, 0.5) is 11.4 Å². The molecule has 76 valence electrons. The SMILES string of the molecule is CCCC(=O)c1cc(N)c(N)cc1C. The van der Waals surface area contributed by atoms with Crippen LogP contribution >= 0.6 is 0 Å². The number of carbonyl (C=O) groups excluding carboxylic acids is 1. The molecule has 1 rings (SSSR count). The molecule has 0 unspecified atom stereocenters. The molecule has 0 saturated heterocycles. The minimum absolute atomic E-state index is 0.136. The van der Waals surface area contributed by atoms with E-state index in [9.17, 15) is 4.79 Å². The van der Waals surface area contributed by atoms with E-state index >= 15 is 0 Å². The highest BCUT2D eigenvalue weighted by atomic mass is 16.1. The van der Waals surface area contributed by atoms with Crippen LogP contribution in [0, 0.1) is 6.92 Å². The van der Waals surface area contributed by atoms with Gasteiger partial charge < -0.3 is 11.5 Å². The summed E-state index contributed by atoms with van der Waals surface area (Å²) < 4.78 is 0. The molecule has 0 bridgehead atoms. The minimum Gasteiger partial charge on any atom is -0.397 e. The summed E-state index contributed by atoms with van der Waals surface area (Å²) >= 11 is 0. The van der Waals surface area contributed by atoms with Gasteiger partial charge in [0.1, 0.15) is 0 Å². The van der Waals surface area contributed by atoms with E-state index in [-0.39, 0.29) is 5.78 Å². The van der Waals surface area contributed by atoms with Crippen molar-refractivity contribution in [2.75, 3.05) is 11.5 Å². The van der Waals surface area contributed by atoms with Crippen LogP contribution in [0.25, 0.3) is 0 Å². The van der Waals surface area contributed by atoms with Crippen molar-refractivity contribution in [2.45, 2.75) is 26.7 Å². The Morgan fingerprint density at radius 3 is 2.43 bits per heavy atom. The second kappa shape index (κ2) is 4.13. The van der Waals surface area contributed by atoms with Gasteiger partial charge in [0.2, 0.25) is 0 Å². The molecule has 1 aromatic rings. The van der Waals surface area contributed by atoms with Crippen molar-refractivity contribution in [2.24, 2.45) is 0 Å². The molecule has 0 aromatic heterocycles. The third-order valence-corrected chi connectivity index (χ3v) is 2.21. The Bertz CT molecular complexity index is 359. The number of nitrogen functional groups attached to an aromatic ring is 2. The molecule has 14 heavy (non-hydrogen) atoms. The van der Waals surface area contributed by atoms with Gasteiger partial charge in [-0.25, -0.2) is 0 Å². The average molecular weight is 192 g/mol. The number of rotatable bonds is 3. The van der Waals surface area contributed by atoms with Gasteiger partial charge in [-0.1, -0.05) is 6.92 Å². The molecular weight excluding hydrogens is 176 g/mol. The molecule has 0 spiro atoms. The zero-order valence-electron chi connectivity index (χ0n) is 8.63. The first-order valence-corrected chi connectivity index (χ1v) is 4.75. The minimum atomic E-state index is 0.136. The van der Waals surface area contributed by atoms with E-state index < -0.39 is 0 Å². The van der Waals surface area contributed by atoms with Crippen molar-refractivity contribution in [1.29, 1.82) is 0 Å². The number of hydrogen-bond donors (Lipinski definition) is 2. The summed E-state index contributed by atoms with van der Waals surface area (Å²) in [4.78, 5) is 11.6. The molecule has 0 fully saturated rings. The predicted molar refractivity (Wildman–Crippen MR) is 59.2 cm³/mol. The molecule has 4 N–H and O–H groups in total. The van der Waals surface area contributed by atoms with E-state index in [0.29, 0.717) is 23.4 Å². The first-order valence-electron chi connectivity index (χ1n) is 4.75. The third-order valence-electron chi connectivity index (χ3n) is 2.21. The highest BCUT2D eigenvalue weighted by molar-refractivity contribution is 5.99. The Morgan fingerprint density at radius 2 is 1.86 bits per heavy atom. The Hall–Kier alpha value is -1.51. The van der Waals surface area contributed by atoms with Crippen molar-refractivity contribution < 1.29 is 4.79 Å². The van der Waals surface area contributed by atoms with Crippen LogP contribution in [-0.2, 0) is 0 Å². The molecule has 3 nitrogen and oxygen atoms in total. The van der Waals surface area contributed by atoms with Crippen molar-refractivity contribution >= 4 is 17.2 Å². The Balaban J connectivity index is 3.09. The largest absolute Gasteiger partial charge is 0.397 e. The summed E-state index contributed by atoms with van der Waals surface area (Å²) in [5.41, 5.74) is 13.9. The molecule has 0 amide bonds. The fourth-order valence-corrected chi connectivity index (χ4v) is 1.41. The number of nitrogens with two attached hydrogens (primary N) is 2. The lowest BCUT2D eigenvalue weighted by molar-refractivity contribution is 0.0981. The van der Waals surface area contributed by atoms with Gasteiger partial charge in [-0.3, -0.25) is 4.79 Å². The molecule has 0 radical (unpaired) electrons. The van der Waals surface area contributed by atoms with Crippen LogP contribution in [0.2, 0.25) is 0 Å². The van der Waals surface area contributed by atoms with E-state index in [4.69, 9.17) is 11.5 Å². The van der Waals surface area contributed by atoms with E-state index in [1.54, 1.807) is 12.1 Å². The van der Waals surface area contributed by atoms with Gasteiger partial charge in [0.05, 0.1) is 11.4 Å². The molecule has 1 aromatic carbocycles. The van der Waals surface area contributed by atoms with E-state index in [1.807, 2.05) is 13.8 Å².